The van der Waals surface area contributed by atoms with Gasteiger partial charge in [-0.05, 0) is 24.3 Å². The van der Waals surface area contributed by atoms with E-state index in [1.165, 1.54) is 25.5 Å². The van der Waals surface area contributed by atoms with Gasteiger partial charge in [-0.3, -0.25) is 15.1 Å². The molecule has 0 fully saturated rings. The van der Waals surface area contributed by atoms with Gasteiger partial charge in [0.05, 0.1) is 6.20 Å². The van der Waals surface area contributed by atoms with E-state index >= 15 is 0 Å². The molecule has 3 amide bonds. The van der Waals surface area contributed by atoms with Crippen molar-refractivity contribution in [3.63, 3.8) is 0 Å². The molecule has 2 rings (SSSR count). The fraction of sp³-hybridized carbons (Fsp3) is 0.0769. The number of carbonyl (C=O) groups excluding carboxylic acids is 2. The van der Waals surface area contributed by atoms with Gasteiger partial charge >= 0.3 is 6.03 Å². The minimum absolute atomic E-state index is 0.147. The molecule has 0 aliphatic heterocycles. The Morgan fingerprint density at radius 3 is 2.15 bits per heavy atom. The van der Waals surface area contributed by atoms with Crippen LogP contribution in [-0.4, -0.2) is 21.9 Å². The van der Waals surface area contributed by atoms with Crippen LogP contribution in [0.1, 0.15) is 6.92 Å². The third-order valence-corrected chi connectivity index (χ3v) is 2.27. The highest BCUT2D eigenvalue weighted by molar-refractivity contribution is 5.99. The van der Waals surface area contributed by atoms with Crippen LogP contribution in [0.4, 0.5) is 22.0 Å². The highest BCUT2D eigenvalue weighted by atomic mass is 16.2. The standard InChI is InChI=1S/C13H13N5O2/c1-9(19)16-10-2-4-11(5-3-10)17-13(20)18-12-8-14-6-7-15-12/h2-8H,1H3,(H,16,19)(H2,15,17,18,20). The lowest BCUT2D eigenvalue weighted by molar-refractivity contribution is -0.114. The lowest BCUT2D eigenvalue weighted by Gasteiger charge is -2.07. The van der Waals surface area contributed by atoms with E-state index in [0.717, 1.165) is 0 Å². The van der Waals surface area contributed by atoms with E-state index in [4.69, 9.17) is 0 Å². The zero-order chi connectivity index (χ0) is 14.4. The first-order valence-corrected chi connectivity index (χ1v) is 5.85. The largest absolute Gasteiger partial charge is 0.326 e. The van der Waals surface area contributed by atoms with Crippen molar-refractivity contribution >= 4 is 29.1 Å². The van der Waals surface area contributed by atoms with Crippen LogP contribution in [0.3, 0.4) is 0 Å². The lowest BCUT2D eigenvalue weighted by atomic mass is 10.3. The average Bonchev–Trinajstić information content (AvgIpc) is 2.41. The van der Waals surface area contributed by atoms with Crippen LogP contribution in [0.5, 0.6) is 0 Å². The zero-order valence-electron chi connectivity index (χ0n) is 10.8. The van der Waals surface area contributed by atoms with Gasteiger partial charge in [0.25, 0.3) is 0 Å². The number of nitrogens with zero attached hydrogens (tertiary/aromatic N) is 2. The maximum absolute atomic E-state index is 11.7. The summed E-state index contributed by atoms with van der Waals surface area (Å²) in [6, 6.07) is 6.33. The van der Waals surface area contributed by atoms with Crippen LogP contribution in [0.2, 0.25) is 0 Å². The van der Waals surface area contributed by atoms with Gasteiger partial charge in [-0.15, -0.1) is 0 Å². The van der Waals surface area contributed by atoms with Gasteiger partial charge in [0.15, 0.2) is 5.82 Å². The highest BCUT2D eigenvalue weighted by Crippen LogP contribution is 2.13. The molecular weight excluding hydrogens is 258 g/mol. The van der Waals surface area contributed by atoms with E-state index in [0.29, 0.717) is 17.2 Å². The van der Waals surface area contributed by atoms with Crippen LogP contribution < -0.4 is 16.0 Å². The van der Waals surface area contributed by atoms with Gasteiger partial charge in [0.1, 0.15) is 0 Å². The predicted molar refractivity (Wildman–Crippen MR) is 75.4 cm³/mol. The van der Waals surface area contributed by atoms with E-state index in [9.17, 15) is 9.59 Å². The fourth-order valence-corrected chi connectivity index (χ4v) is 1.48. The molecule has 0 unspecified atom stereocenters. The Labute approximate surface area is 115 Å². The van der Waals surface area contributed by atoms with Crippen molar-refractivity contribution in [1.29, 1.82) is 0 Å². The van der Waals surface area contributed by atoms with Gasteiger partial charge in [0.2, 0.25) is 5.91 Å². The minimum Gasteiger partial charge on any atom is -0.326 e. The third kappa shape index (κ3) is 4.05. The van der Waals surface area contributed by atoms with Gasteiger partial charge in [0, 0.05) is 30.7 Å². The van der Waals surface area contributed by atoms with Crippen molar-refractivity contribution in [2.75, 3.05) is 16.0 Å². The molecular formula is C13H13N5O2. The van der Waals surface area contributed by atoms with Crippen molar-refractivity contribution in [3.8, 4) is 0 Å². The maximum Gasteiger partial charge on any atom is 0.324 e. The van der Waals surface area contributed by atoms with Crippen LogP contribution in [-0.2, 0) is 4.79 Å². The molecule has 7 heteroatoms. The summed E-state index contributed by atoms with van der Waals surface area (Å²) < 4.78 is 0. The van der Waals surface area contributed by atoms with E-state index in [1.54, 1.807) is 24.3 Å². The predicted octanol–water partition coefficient (Wildman–Crippen LogP) is 2.08. The van der Waals surface area contributed by atoms with Crippen LogP contribution >= 0.6 is 0 Å². The quantitative estimate of drug-likeness (QED) is 0.796. The summed E-state index contributed by atoms with van der Waals surface area (Å²) in [6.07, 6.45) is 4.45. The molecule has 0 saturated carbocycles. The number of nitrogens with one attached hydrogen (secondary N) is 3. The summed E-state index contributed by atoms with van der Waals surface area (Å²) in [5, 5.41) is 7.82. The Morgan fingerprint density at radius 1 is 0.950 bits per heavy atom. The van der Waals surface area contributed by atoms with Crippen molar-refractivity contribution in [2.45, 2.75) is 6.92 Å². The second-order valence-electron chi connectivity index (χ2n) is 3.93. The molecule has 20 heavy (non-hydrogen) atoms. The topological polar surface area (TPSA) is 96.0 Å². The van der Waals surface area contributed by atoms with E-state index < -0.39 is 6.03 Å². The minimum atomic E-state index is -0.419. The first-order valence-electron chi connectivity index (χ1n) is 5.85. The van der Waals surface area contributed by atoms with E-state index in [1.807, 2.05) is 0 Å². The van der Waals surface area contributed by atoms with Gasteiger partial charge in [-0.1, -0.05) is 0 Å². The monoisotopic (exact) mass is 271 g/mol. The zero-order valence-corrected chi connectivity index (χ0v) is 10.8. The summed E-state index contributed by atoms with van der Waals surface area (Å²) in [7, 11) is 0. The SMILES string of the molecule is CC(=O)Nc1ccc(NC(=O)Nc2cnccn2)cc1. The molecule has 0 saturated heterocycles. The Balaban J connectivity index is 1.93. The molecule has 0 aliphatic carbocycles. The highest BCUT2D eigenvalue weighted by Gasteiger charge is 2.03. The van der Waals surface area contributed by atoms with Crippen molar-refractivity contribution in [2.24, 2.45) is 0 Å². The number of anilines is 3. The number of carbonyl (C=O) groups is 2. The van der Waals surface area contributed by atoms with Crippen LogP contribution in [0.15, 0.2) is 42.9 Å². The number of aromatic nitrogens is 2. The molecule has 0 radical (unpaired) electrons. The van der Waals surface area contributed by atoms with E-state index in [2.05, 4.69) is 25.9 Å². The Bertz CT molecular complexity index is 598. The van der Waals surface area contributed by atoms with Crippen LogP contribution in [0, 0.1) is 0 Å². The summed E-state index contributed by atoms with van der Waals surface area (Å²) in [5.41, 5.74) is 1.26. The first-order chi connectivity index (χ1) is 9.63. The Morgan fingerprint density at radius 2 is 1.60 bits per heavy atom. The molecule has 3 N–H and O–H groups in total. The molecule has 1 aromatic heterocycles. The van der Waals surface area contributed by atoms with Crippen molar-refractivity contribution in [1.82, 2.24) is 9.97 Å². The lowest BCUT2D eigenvalue weighted by Crippen LogP contribution is -2.20. The summed E-state index contributed by atoms with van der Waals surface area (Å²) >= 11 is 0. The van der Waals surface area contributed by atoms with Crippen molar-refractivity contribution < 1.29 is 9.59 Å². The molecule has 1 aromatic carbocycles. The maximum atomic E-state index is 11.7. The van der Waals surface area contributed by atoms with Crippen molar-refractivity contribution in [3.05, 3.63) is 42.9 Å². The molecule has 0 aliphatic rings. The van der Waals surface area contributed by atoms with Gasteiger partial charge in [-0.2, -0.15) is 0 Å². The van der Waals surface area contributed by atoms with E-state index in [-0.39, 0.29) is 5.91 Å². The van der Waals surface area contributed by atoms with Gasteiger partial charge < -0.3 is 10.6 Å². The molecule has 0 spiro atoms. The third-order valence-electron chi connectivity index (χ3n) is 2.27. The molecule has 2 aromatic rings. The summed E-state index contributed by atoms with van der Waals surface area (Å²) in [4.78, 5) is 30.3. The second-order valence-corrected chi connectivity index (χ2v) is 3.93. The number of hydrogen-bond acceptors (Lipinski definition) is 4. The molecule has 0 bridgehead atoms. The molecule has 102 valence electrons. The summed E-state index contributed by atoms with van der Waals surface area (Å²) in [5.74, 6) is 0.214. The molecule has 1 heterocycles. The smallest absolute Gasteiger partial charge is 0.324 e. The second kappa shape index (κ2) is 6.28. The molecule has 7 nitrogen and oxygen atoms in total. The normalized spacial score (nSPS) is 9.65. The summed E-state index contributed by atoms with van der Waals surface area (Å²) in [6.45, 7) is 1.43. The molecule has 0 atom stereocenters. The Hall–Kier alpha value is -2.96. The fourth-order valence-electron chi connectivity index (χ4n) is 1.48. The number of hydrogen-bond donors (Lipinski definition) is 3. The Kier molecular flexibility index (Phi) is 4.23. The number of benzene rings is 1. The van der Waals surface area contributed by atoms with Gasteiger partial charge in [-0.25, -0.2) is 9.78 Å². The number of urea groups is 1. The van der Waals surface area contributed by atoms with Crippen LogP contribution in [0.25, 0.3) is 0 Å². The number of rotatable bonds is 3. The number of amides is 3. The first kappa shape index (κ1) is 13.5. The average molecular weight is 271 g/mol.